The Morgan fingerprint density at radius 2 is 1.66 bits per heavy atom. The summed E-state index contributed by atoms with van der Waals surface area (Å²) in [5.74, 6) is 0.797. The summed E-state index contributed by atoms with van der Waals surface area (Å²) in [7, 11) is 0. The van der Waals surface area contributed by atoms with E-state index in [9.17, 15) is 4.79 Å². The molecule has 0 fully saturated rings. The highest BCUT2D eigenvalue weighted by Gasteiger charge is 2.12. The summed E-state index contributed by atoms with van der Waals surface area (Å²) in [4.78, 5) is 17.0. The molecule has 0 unspecified atom stereocenters. The summed E-state index contributed by atoms with van der Waals surface area (Å²) in [6.07, 6.45) is 3.17. The van der Waals surface area contributed by atoms with Gasteiger partial charge < -0.3 is 4.74 Å². The van der Waals surface area contributed by atoms with Crippen molar-refractivity contribution >= 4 is 38.4 Å². The molecular weight excluding hydrogens is 398 g/mol. The molecule has 0 atom stereocenters. The number of fused-ring (bicyclic) bond motifs is 1. The van der Waals surface area contributed by atoms with Crippen LogP contribution in [0.1, 0.15) is 28.8 Å². The van der Waals surface area contributed by atoms with Crippen molar-refractivity contribution in [2.45, 2.75) is 23.6 Å². The zero-order valence-electron chi connectivity index (χ0n) is 15.9. The van der Waals surface area contributed by atoms with Gasteiger partial charge in [-0.2, -0.15) is 0 Å². The Balaban J connectivity index is 1.24. The van der Waals surface area contributed by atoms with E-state index in [0.29, 0.717) is 12.2 Å². The van der Waals surface area contributed by atoms with Crippen LogP contribution in [0.5, 0.6) is 5.75 Å². The Morgan fingerprint density at radius 1 is 0.897 bits per heavy atom. The van der Waals surface area contributed by atoms with Crippen LogP contribution >= 0.6 is 23.1 Å². The Kier molecular flexibility index (Phi) is 6.60. The molecule has 29 heavy (non-hydrogen) atoms. The van der Waals surface area contributed by atoms with Gasteiger partial charge >= 0.3 is 0 Å². The molecule has 0 aliphatic heterocycles. The van der Waals surface area contributed by atoms with E-state index in [-0.39, 0.29) is 5.12 Å². The minimum Gasteiger partial charge on any atom is -0.494 e. The molecule has 4 aromatic rings. The van der Waals surface area contributed by atoms with Gasteiger partial charge in [0, 0.05) is 5.56 Å². The minimum atomic E-state index is -0.00142. The van der Waals surface area contributed by atoms with Crippen molar-refractivity contribution in [2.75, 3.05) is 6.61 Å². The van der Waals surface area contributed by atoms with E-state index in [4.69, 9.17) is 4.74 Å². The number of rotatable bonds is 8. The van der Waals surface area contributed by atoms with E-state index in [0.717, 1.165) is 39.6 Å². The molecule has 5 heteroatoms. The first-order chi connectivity index (χ1) is 14.3. The summed E-state index contributed by atoms with van der Waals surface area (Å²) in [5.41, 5.74) is 2.95. The first-order valence-corrected chi connectivity index (χ1v) is 11.3. The standard InChI is InChI=1S/C24H21NO2S2/c26-23(29-24-25-21-11-4-5-12-22(21)28-24)19-13-15-20(16-14-19)27-17-7-6-10-18-8-2-1-3-9-18/h1-5,8-9,11-16H,6-7,10,17H2. The number of para-hydroxylation sites is 1. The largest absolute Gasteiger partial charge is 0.494 e. The molecule has 146 valence electrons. The van der Waals surface area contributed by atoms with Crippen molar-refractivity contribution in [1.82, 2.24) is 4.98 Å². The molecule has 0 saturated carbocycles. The fourth-order valence-corrected chi connectivity index (χ4v) is 4.90. The van der Waals surface area contributed by atoms with Crippen molar-refractivity contribution in [3.05, 3.63) is 90.0 Å². The number of nitrogens with zero attached hydrogens (tertiary/aromatic N) is 1. The van der Waals surface area contributed by atoms with Gasteiger partial charge in [-0.15, -0.1) is 11.3 Å². The number of aromatic nitrogens is 1. The number of aryl methyl sites for hydroxylation is 1. The fraction of sp³-hybridized carbons (Fsp3) is 0.167. The number of thiazole rings is 1. The molecule has 0 N–H and O–H groups in total. The summed E-state index contributed by atoms with van der Waals surface area (Å²) in [5, 5.41) is -0.00142. The first-order valence-electron chi connectivity index (χ1n) is 9.62. The van der Waals surface area contributed by atoms with Crippen LogP contribution in [0.3, 0.4) is 0 Å². The third kappa shape index (κ3) is 5.46. The van der Waals surface area contributed by atoms with Crippen LogP contribution in [0.2, 0.25) is 0 Å². The molecule has 0 radical (unpaired) electrons. The van der Waals surface area contributed by atoms with Gasteiger partial charge in [0.15, 0.2) is 4.34 Å². The van der Waals surface area contributed by atoms with E-state index in [1.54, 1.807) is 11.3 Å². The number of benzene rings is 3. The van der Waals surface area contributed by atoms with Gasteiger partial charge in [-0.05, 0) is 73.0 Å². The number of ether oxygens (including phenoxy) is 1. The van der Waals surface area contributed by atoms with E-state index < -0.39 is 0 Å². The van der Waals surface area contributed by atoms with Crippen molar-refractivity contribution in [1.29, 1.82) is 0 Å². The number of thioether (sulfide) groups is 1. The summed E-state index contributed by atoms with van der Waals surface area (Å²) in [6.45, 7) is 0.681. The van der Waals surface area contributed by atoms with Gasteiger partial charge in [-0.25, -0.2) is 4.98 Å². The number of carbonyl (C=O) groups excluding carboxylic acids is 1. The summed E-state index contributed by atoms with van der Waals surface area (Å²) < 4.78 is 7.68. The lowest BCUT2D eigenvalue weighted by Gasteiger charge is -2.07. The number of unbranched alkanes of at least 4 members (excludes halogenated alkanes) is 1. The van der Waals surface area contributed by atoms with Crippen molar-refractivity contribution in [2.24, 2.45) is 0 Å². The lowest BCUT2D eigenvalue weighted by atomic mass is 10.1. The predicted octanol–water partition coefficient (Wildman–Crippen LogP) is 6.63. The first kappa shape index (κ1) is 19.7. The minimum absolute atomic E-state index is 0.00142. The third-order valence-electron chi connectivity index (χ3n) is 4.52. The highest BCUT2D eigenvalue weighted by atomic mass is 32.2. The molecule has 4 rings (SSSR count). The number of carbonyl (C=O) groups is 1. The van der Waals surface area contributed by atoms with E-state index in [1.807, 2.05) is 54.6 Å². The quantitative estimate of drug-likeness (QED) is 0.237. The van der Waals surface area contributed by atoms with Crippen LogP contribution in [-0.2, 0) is 6.42 Å². The number of hydrogen-bond donors (Lipinski definition) is 0. The van der Waals surface area contributed by atoms with Gasteiger partial charge in [0.25, 0.3) is 0 Å². The Morgan fingerprint density at radius 3 is 2.45 bits per heavy atom. The molecule has 3 aromatic carbocycles. The van der Waals surface area contributed by atoms with Gasteiger partial charge in [-0.1, -0.05) is 42.5 Å². The topological polar surface area (TPSA) is 39.2 Å². The lowest BCUT2D eigenvalue weighted by Crippen LogP contribution is -1.99. The van der Waals surface area contributed by atoms with Crippen molar-refractivity contribution in [3.63, 3.8) is 0 Å². The van der Waals surface area contributed by atoms with Crippen molar-refractivity contribution in [3.8, 4) is 5.75 Å². The lowest BCUT2D eigenvalue weighted by molar-refractivity contribution is 0.108. The summed E-state index contributed by atoms with van der Waals surface area (Å²) in [6, 6.07) is 25.8. The smallest absolute Gasteiger partial charge is 0.226 e. The number of hydrogen-bond acceptors (Lipinski definition) is 5. The molecule has 1 aromatic heterocycles. The molecule has 3 nitrogen and oxygen atoms in total. The molecule has 1 heterocycles. The zero-order valence-corrected chi connectivity index (χ0v) is 17.5. The maximum Gasteiger partial charge on any atom is 0.226 e. The molecule has 0 saturated heterocycles. The second kappa shape index (κ2) is 9.72. The highest BCUT2D eigenvalue weighted by molar-refractivity contribution is 8.15. The molecule has 0 bridgehead atoms. The third-order valence-corrected chi connectivity index (χ3v) is 6.53. The zero-order chi connectivity index (χ0) is 19.9. The van der Waals surface area contributed by atoms with Crippen LogP contribution in [0.25, 0.3) is 10.2 Å². The Hall–Kier alpha value is -2.63. The van der Waals surface area contributed by atoms with Crippen LogP contribution < -0.4 is 4.74 Å². The summed E-state index contributed by atoms with van der Waals surface area (Å²) >= 11 is 2.72. The van der Waals surface area contributed by atoms with Crippen molar-refractivity contribution < 1.29 is 9.53 Å². The van der Waals surface area contributed by atoms with E-state index in [2.05, 4.69) is 29.2 Å². The Labute approximate surface area is 178 Å². The van der Waals surface area contributed by atoms with Gasteiger partial charge in [0.1, 0.15) is 5.75 Å². The van der Waals surface area contributed by atoms with E-state index in [1.165, 1.54) is 17.3 Å². The molecular formula is C24H21NO2S2. The average Bonchev–Trinajstić information content (AvgIpc) is 3.17. The highest BCUT2D eigenvalue weighted by Crippen LogP contribution is 2.31. The predicted molar refractivity (Wildman–Crippen MR) is 121 cm³/mol. The Bertz CT molecular complexity index is 1040. The molecule has 0 aliphatic rings. The van der Waals surface area contributed by atoms with Crippen LogP contribution in [0.15, 0.2) is 83.2 Å². The second-order valence-corrected chi connectivity index (χ2v) is 8.90. The molecule has 0 amide bonds. The maximum absolute atomic E-state index is 12.5. The second-order valence-electron chi connectivity index (χ2n) is 6.65. The van der Waals surface area contributed by atoms with Gasteiger partial charge in [-0.3, -0.25) is 4.79 Å². The molecule has 0 spiro atoms. The van der Waals surface area contributed by atoms with Gasteiger partial charge in [0.2, 0.25) is 5.12 Å². The van der Waals surface area contributed by atoms with Crippen LogP contribution in [0, 0.1) is 0 Å². The normalized spacial score (nSPS) is 10.9. The monoisotopic (exact) mass is 419 g/mol. The van der Waals surface area contributed by atoms with Crippen LogP contribution in [0.4, 0.5) is 0 Å². The molecule has 0 aliphatic carbocycles. The maximum atomic E-state index is 12.5. The van der Waals surface area contributed by atoms with E-state index >= 15 is 0 Å². The van der Waals surface area contributed by atoms with Crippen LogP contribution in [-0.4, -0.2) is 16.7 Å². The SMILES string of the molecule is O=C(Sc1nc2ccccc2s1)c1ccc(OCCCCc2ccccc2)cc1. The fourth-order valence-electron chi connectivity index (χ4n) is 2.99. The van der Waals surface area contributed by atoms with Gasteiger partial charge in [0.05, 0.1) is 16.8 Å². The average molecular weight is 420 g/mol.